The van der Waals surface area contributed by atoms with Gasteiger partial charge in [-0.15, -0.1) is 0 Å². The molecule has 0 N–H and O–H groups in total. The molecule has 0 saturated carbocycles. The Morgan fingerprint density at radius 1 is 1.17 bits per heavy atom. The number of aryl methyl sites for hydroxylation is 2. The van der Waals surface area contributed by atoms with Gasteiger partial charge in [-0.1, -0.05) is 0 Å². The zero-order valence-corrected chi connectivity index (χ0v) is 21.4. The van der Waals surface area contributed by atoms with E-state index in [1.54, 1.807) is 32.6 Å². The first-order valence-corrected chi connectivity index (χ1v) is 11.6. The van der Waals surface area contributed by atoms with E-state index in [1.807, 2.05) is 0 Å². The van der Waals surface area contributed by atoms with Gasteiger partial charge in [0.15, 0.2) is 6.79 Å². The zero-order valence-electron chi connectivity index (χ0n) is 21.4. The Balaban J connectivity index is 2.06. The Kier molecular flexibility index (Phi) is 8.02. The molecule has 1 fully saturated rings. The fourth-order valence-electron chi connectivity index (χ4n) is 4.25. The summed E-state index contributed by atoms with van der Waals surface area (Å²) < 4.78 is 57.7. The predicted molar refractivity (Wildman–Crippen MR) is 127 cm³/mol. The molecule has 1 saturated heterocycles. The highest BCUT2D eigenvalue weighted by molar-refractivity contribution is 5.75. The van der Waals surface area contributed by atoms with Crippen molar-refractivity contribution in [2.24, 2.45) is 0 Å². The van der Waals surface area contributed by atoms with Crippen molar-refractivity contribution in [3.8, 4) is 16.9 Å². The first kappa shape index (κ1) is 27.5. The summed E-state index contributed by atoms with van der Waals surface area (Å²) in [7, 11) is 1.35. The van der Waals surface area contributed by atoms with Gasteiger partial charge in [0.05, 0.1) is 29.2 Å². The number of benzene rings is 1. The molecule has 0 bridgehead atoms. The fraction of sp³-hybridized carbons (Fsp3) is 0.560. The number of piperidine rings is 1. The molecule has 0 aliphatic carbocycles. The van der Waals surface area contributed by atoms with Crippen LogP contribution < -0.4 is 10.3 Å². The molecule has 2 aromatic rings. The van der Waals surface area contributed by atoms with Gasteiger partial charge in [-0.05, 0) is 65.2 Å². The van der Waals surface area contributed by atoms with E-state index in [4.69, 9.17) is 14.2 Å². The van der Waals surface area contributed by atoms with Crippen molar-refractivity contribution >= 4 is 6.09 Å². The highest BCUT2D eigenvalue weighted by atomic mass is 19.4. The Morgan fingerprint density at radius 2 is 1.86 bits per heavy atom. The Bertz CT molecular complexity index is 1170. The molecule has 198 valence electrons. The second kappa shape index (κ2) is 10.5. The Hall–Kier alpha value is -3.08. The molecule has 11 heteroatoms. The van der Waals surface area contributed by atoms with Crippen molar-refractivity contribution in [1.29, 1.82) is 0 Å². The molecule has 0 radical (unpaired) electrons. The Morgan fingerprint density at radius 3 is 2.47 bits per heavy atom. The van der Waals surface area contributed by atoms with Crippen molar-refractivity contribution in [2.45, 2.75) is 65.3 Å². The smallest absolute Gasteiger partial charge is 0.416 e. The van der Waals surface area contributed by atoms with Gasteiger partial charge < -0.3 is 19.1 Å². The van der Waals surface area contributed by atoms with Crippen LogP contribution in [0.2, 0.25) is 0 Å². The second-order valence-electron chi connectivity index (χ2n) is 9.85. The van der Waals surface area contributed by atoms with Crippen LogP contribution in [0.25, 0.3) is 11.1 Å². The number of rotatable bonds is 5. The monoisotopic (exact) mass is 511 g/mol. The molecule has 0 unspecified atom stereocenters. The van der Waals surface area contributed by atoms with Crippen LogP contribution in [0.5, 0.6) is 5.75 Å². The van der Waals surface area contributed by atoms with Crippen molar-refractivity contribution in [3.05, 3.63) is 45.6 Å². The number of hydrogen-bond donors (Lipinski definition) is 0. The Labute approximate surface area is 208 Å². The molecular weight excluding hydrogens is 479 g/mol. The first-order chi connectivity index (χ1) is 16.7. The van der Waals surface area contributed by atoms with Crippen LogP contribution in [0.1, 0.15) is 56.5 Å². The summed E-state index contributed by atoms with van der Waals surface area (Å²) in [5.74, 6) is -0.122. The van der Waals surface area contributed by atoms with Crippen LogP contribution in [0.3, 0.4) is 0 Å². The van der Waals surface area contributed by atoms with Crippen molar-refractivity contribution in [2.75, 3.05) is 27.0 Å². The number of alkyl halides is 3. The molecular formula is C25H32F3N3O5. The molecule has 1 atom stereocenters. The van der Waals surface area contributed by atoms with E-state index in [9.17, 15) is 22.8 Å². The molecule has 36 heavy (non-hydrogen) atoms. The molecule has 1 aliphatic rings. The van der Waals surface area contributed by atoms with Gasteiger partial charge in [0.1, 0.15) is 11.4 Å². The van der Waals surface area contributed by atoms with Crippen LogP contribution in [0.4, 0.5) is 18.0 Å². The predicted octanol–water partition coefficient (Wildman–Crippen LogP) is 5.10. The van der Waals surface area contributed by atoms with Crippen molar-refractivity contribution < 1.29 is 32.2 Å². The van der Waals surface area contributed by atoms with E-state index in [-0.39, 0.29) is 41.8 Å². The van der Waals surface area contributed by atoms with Crippen LogP contribution in [0.15, 0.2) is 23.3 Å². The first-order valence-electron chi connectivity index (χ1n) is 11.6. The summed E-state index contributed by atoms with van der Waals surface area (Å²) in [5, 5.41) is 0. The number of hydrogen-bond acceptors (Lipinski definition) is 6. The average Bonchev–Trinajstić information content (AvgIpc) is 2.77. The van der Waals surface area contributed by atoms with E-state index in [0.29, 0.717) is 25.1 Å². The number of halogens is 3. The molecule has 1 aliphatic heterocycles. The van der Waals surface area contributed by atoms with Crippen LogP contribution in [-0.2, 0) is 15.7 Å². The number of aromatic nitrogens is 2. The topological polar surface area (TPSA) is 82.9 Å². The number of carbonyl (C=O) groups excluding carboxylic acids is 1. The van der Waals surface area contributed by atoms with Crippen LogP contribution in [0, 0.1) is 13.8 Å². The number of methoxy groups -OCH3 is 1. The molecule has 1 aromatic carbocycles. The number of amides is 1. The normalized spacial score (nSPS) is 16.7. The third-order valence-corrected chi connectivity index (χ3v) is 5.84. The lowest BCUT2D eigenvalue weighted by Gasteiger charge is -2.35. The second-order valence-corrected chi connectivity index (χ2v) is 9.85. The van der Waals surface area contributed by atoms with E-state index >= 15 is 0 Å². The minimum Gasteiger partial charge on any atom is -0.467 e. The van der Waals surface area contributed by atoms with Gasteiger partial charge in [-0.2, -0.15) is 13.2 Å². The van der Waals surface area contributed by atoms with Crippen LogP contribution in [-0.4, -0.2) is 53.1 Å². The lowest BCUT2D eigenvalue weighted by molar-refractivity contribution is -0.137. The summed E-state index contributed by atoms with van der Waals surface area (Å²) in [6, 6.07) is 1.47. The maximum absolute atomic E-state index is 13.7. The standard InChI is InChI=1S/C25H32F3N3O5/c1-15-10-17(25(26,27)28)11-19(35-14-34-6)20(15)21-16(2)29-13-31(22(21)32)18-8-7-9-30(12-18)23(33)36-24(3,4)5/h10-11,13,18H,7-9,12,14H2,1-6H3/t18-/m1/s1. The maximum Gasteiger partial charge on any atom is 0.416 e. The molecule has 2 heterocycles. The van der Waals surface area contributed by atoms with Gasteiger partial charge in [0.25, 0.3) is 5.56 Å². The number of nitrogens with zero attached hydrogens (tertiary/aromatic N) is 3. The lowest BCUT2D eigenvalue weighted by atomic mass is 9.96. The van der Waals surface area contributed by atoms with E-state index in [2.05, 4.69) is 4.98 Å². The molecule has 1 aromatic heterocycles. The minimum atomic E-state index is -4.59. The summed E-state index contributed by atoms with van der Waals surface area (Å²) in [4.78, 5) is 32.3. The zero-order chi connectivity index (χ0) is 26.8. The SMILES string of the molecule is COCOc1cc(C(F)(F)F)cc(C)c1-c1c(C)ncn([C@@H]2CCCN(C(=O)OC(C)(C)C)C2)c1=O. The van der Waals surface area contributed by atoms with Crippen molar-refractivity contribution in [1.82, 2.24) is 14.5 Å². The summed E-state index contributed by atoms with van der Waals surface area (Å²) in [5.41, 5.74) is -1.04. The quantitative estimate of drug-likeness (QED) is 0.520. The summed E-state index contributed by atoms with van der Waals surface area (Å²) >= 11 is 0. The lowest BCUT2D eigenvalue weighted by Crippen LogP contribution is -2.45. The van der Waals surface area contributed by atoms with Crippen LogP contribution >= 0.6 is 0 Å². The molecule has 1 amide bonds. The average molecular weight is 512 g/mol. The number of likely N-dealkylation sites (tertiary alicyclic amines) is 1. The van der Waals surface area contributed by atoms with Gasteiger partial charge in [0.2, 0.25) is 0 Å². The van der Waals surface area contributed by atoms with E-state index in [1.165, 1.54) is 24.9 Å². The third-order valence-electron chi connectivity index (χ3n) is 5.84. The molecule has 8 nitrogen and oxygen atoms in total. The number of ether oxygens (including phenoxy) is 3. The summed E-state index contributed by atoms with van der Waals surface area (Å²) in [6.07, 6.45) is -2.36. The fourth-order valence-corrected chi connectivity index (χ4v) is 4.25. The van der Waals surface area contributed by atoms with Gasteiger partial charge in [-0.25, -0.2) is 9.78 Å². The highest BCUT2D eigenvalue weighted by Gasteiger charge is 2.34. The minimum absolute atomic E-state index is 0.122. The highest BCUT2D eigenvalue weighted by Crippen LogP contribution is 2.39. The van der Waals surface area contributed by atoms with Gasteiger partial charge >= 0.3 is 12.3 Å². The largest absolute Gasteiger partial charge is 0.467 e. The molecule has 3 rings (SSSR count). The summed E-state index contributed by atoms with van der Waals surface area (Å²) in [6.45, 7) is 8.90. The maximum atomic E-state index is 13.7. The van der Waals surface area contributed by atoms with Crippen molar-refractivity contribution in [3.63, 3.8) is 0 Å². The van der Waals surface area contributed by atoms with Gasteiger partial charge in [0, 0.05) is 25.8 Å². The van der Waals surface area contributed by atoms with E-state index in [0.717, 1.165) is 12.1 Å². The van der Waals surface area contributed by atoms with Gasteiger partial charge in [-0.3, -0.25) is 9.36 Å². The third kappa shape index (κ3) is 6.18. The molecule has 0 spiro atoms. The van der Waals surface area contributed by atoms with E-state index < -0.39 is 29.0 Å². The number of carbonyl (C=O) groups is 1.